The van der Waals surface area contributed by atoms with Gasteiger partial charge in [0.05, 0.1) is 24.6 Å². The van der Waals surface area contributed by atoms with Gasteiger partial charge < -0.3 is 10.1 Å². The van der Waals surface area contributed by atoms with Crippen LogP contribution in [0.15, 0.2) is 48.5 Å². The summed E-state index contributed by atoms with van der Waals surface area (Å²) in [6.45, 7) is 1.53. The average Bonchev–Trinajstić information content (AvgIpc) is 3.21. The fourth-order valence-electron chi connectivity index (χ4n) is 2.99. The molecule has 0 aliphatic carbocycles. The van der Waals surface area contributed by atoms with E-state index >= 15 is 0 Å². The van der Waals surface area contributed by atoms with Crippen molar-refractivity contribution in [1.82, 2.24) is 25.5 Å². The molecule has 1 atom stereocenters. The van der Waals surface area contributed by atoms with Gasteiger partial charge in [-0.1, -0.05) is 41.9 Å². The smallest absolute Gasteiger partial charge is 0.416 e. The molecule has 12 heteroatoms. The number of amides is 1. The molecular formula is C21H19ClF3N5O3. The third-order valence-corrected chi connectivity index (χ3v) is 4.84. The number of carbonyl (C=O) groups excluding carboxylic acids is 2. The van der Waals surface area contributed by atoms with Crippen LogP contribution in [0, 0.1) is 0 Å². The van der Waals surface area contributed by atoms with E-state index in [2.05, 4.69) is 20.7 Å². The number of alkyl halides is 3. The predicted molar refractivity (Wildman–Crippen MR) is 112 cm³/mol. The highest BCUT2D eigenvalue weighted by Crippen LogP contribution is 2.30. The molecule has 0 saturated heterocycles. The number of nitrogens with zero attached hydrogens (tertiary/aromatic N) is 4. The van der Waals surface area contributed by atoms with Crippen LogP contribution in [-0.2, 0) is 27.0 Å². The van der Waals surface area contributed by atoms with Crippen LogP contribution in [0.25, 0.3) is 11.4 Å². The SMILES string of the molecule is CCOC(=O)C[C@@H](NC(=O)Cn1nnc(-c2ccc(C(F)(F)F)cc2)n1)c1ccccc1Cl. The highest BCUT2D eigenvalue weighted by molar-refractivity contribution is 6.31. The Hall–Kier alpha value is -3.47. The Balaban J connectivity index is 1.70. The zero-order valence-electron chi connectivity index (χ0n) is 17.3. The molecule has 0 aliphatic heterocycles. The van der Waals surface area contributed by atoms with E-state index < -0.39 is 29.7 Å². The van der Waals surface area contributed by atoms with Crippen LogP contribution in [0.4, 0.5) is 13.2 Å². The molecule has 0 radical (unpaired) electrons. The minimum absolute atomic E-state index is 0.0608. The first-order valence-electron chi connectivity index (χ1n) is 9.82. The molecule has 0 aliphatic rings. The normalized spacial score (nSPS) is 12.3. The summed E-state index contributed by atoms with van der Waals surface area (Å²) in [6, 6.07) is 10.3. The van der Waals surface area contributed by atoms with E-state index in [9.17, 15) is 22.8 Å². The molecule has 174 valence electrons. The largest absolute Gasteiger partial charge is 0.466 e. The van der Waals surface area contributed by atoms with Crippen LogP contribution in [0.5, 0.6) is 0 Å². The molecule has 0 unspecified atom stereocenters. The van der Waals surface area contributed by atoms with Gasteiger partial charge in [0, 0.05) is 10.6 Å². The van der Waals surface area contributed by atoms with E-state index in [4.69, 9.17) is 16.3 Å². The van der Waals surface area contributed by atoms with Crippen molar-refractivity contribution in [1.29, 1.82) is 0 Å². The molecule has 1 heterocycles. The predicted octanol–water partition coefficient (Wildman–Crippen LogP) is 3.82. The molecule has 0 fully saturated rings. The van der Waals surface area contributed by atoms with E-state index in [0.717, 1.165) is 16.9 Å². The Kier molecular flexibility index (Phi) is 7.64. The molecule has 33 heavy (non-hydrogen) atoms. The lowest BCUT2D eigenvalue weighted by Crippen LogP contribution is -2.34. The summed E-state index contributed by atoms with van der Waals surface area (Å²) < 4.78 is 43.1. The number of rotatable bonds is 8. The maximum atomic E-state index is 12.7. The zero-order chi connectivity index (χ0) is 24.0. The van der Waals surface area contributed by atoms with Crippen LogP contribution < -0.4 is 5.32 Å². The standard InChI is InChI=1S/C21H19ClF3N5O3/c1-2-33-19(32)11-17(15-5-3-4-6-16(15)22)26-18(31)12-30-28-20(27-29-30)13-7-9-14(10-8-13)21(23,24)25/h3-10,17H,2,11-12H2,1H3,(H,26,31)/t17-/m1/s1. The second-order valence-electron chi connectivity index (χ2n) is 6.87. The fraction of sp³-hybridized carbons (Fsp3) is 0.286. The van der Waals surface area contributed by atoms with Crippen molar-refractivity contribution < 1.29 is 27.5 Å². The number of hydrogen-bond acceptors (Lipinski definition) is 6. The maximum absolute atomic E-state index is 12.7. The highest BCUT2D eigenvalue weighted by Gasteiger charge is 2.30. The van der Waals surface area contributed by atoms with Gasteiger partial charge in [-0.2, -0.15) is 18.0 Å². The Morgan fingerprint density at radius 2 is 1.85 bits per heavy atom. The third kappa shape index (κ3) is 6.51. The molecule has 0 spiro atoms. The lowest BCUT2D eigenvalue weighted by atomic mass is 10.0. The van der Waals surface area contributed by atoms with Crippen LogP contribution in [-0.4, -0.2) is 38.7 Å². The van der Waals surface area contributed by atoms with Crippen LogP contribution >= 0.6 is 11.6 Å². The van der Waals surface area contributed by atoms with Crippen molar-refractivity contribution in [2.75, 3.05) is 6.61 Å². The molecule has 3 rings (SSSR count). The number of tetrazole rings is 1. The van der Waals surface area contributed by atoms with Gasteiger partial charge in [0.25, 0.3) is 0 Å². The van der Waals surface area contributed by atoms with Crippen molar-refractivity contribution >= 4 is 23.5 Å². The highest BCUT2D eigenvalue weighted by atomic mass is 35.5. The van der Waals surface area contributed by atoms with Crippen molar-refractivity contribution in [3.63, 3.8) is 0 Å². The quantitative estimate of drug-likeness (QED) is 0.491. The van der Waals surface area contributed by atoms with Crippen molar-refractivity contribution in [2.24, 2.45) is 0 Å². The third-order valence-electron chi connectivity index (χ3n) is 4.50. The summed E-state index contributed by atoms with van der Waals surface area (Å²) in [7, 11) is 0. The lowest BCUT2D eigenvalue weighted by Gasteiger charge is -2.19. The van der Waals surface area contributed by atoms with Gasteiger partial charge in [-0.15, -0.1) is 10.2 Å². The Bertz CT molecular complexity index is 1120. The summed E-state index contributed by atoms with van der Waals surface area (Å²) in [6.07, 6.45) is -4.59. The molecular weight excluding hydrogens is 463 g/mol. The topological polar surface area (TPSA) is 99.0 Å². The minimum atomic E-state index is -4.45. The zero-order valence-corrected chi connectivity index (χ0v) is 18.1. The van der Waals surface area contributed by atoms with Gasteiger partial charge in [-0.3, -0.25) is 9.59 Å². The number of halogens is 4. The van der Waals surface area contributed by atoms with Gasteiger partial charge >= 0.3 is 12.1 Å². The molecule has 1 aromatic heterocycles. The molecule has 8 nitrogen and oxygen atoms in total. The first kappa shape index (κ1) is 24.2. The monoisotopic (exact) mass is 481 g/mol. The molecule has 1 amide bonds. The number of nitrogens with one attached hydrogen (secondary N) is 1. The lowest BCUT2D eigenvalue weighted by molar-refractivity contribution is -0.144. The van der Waals surface area contributed by atoms with Gasteiger partial charge in [-0.25, -0.2) is 0 Å². The number of carbonyl (C=O) groups is 2. The number of benzene rings is 2. The Morgan fingerprint density at radius 1 is 1.15 bits per heavy atom. The van der Waals surface area contributed by atoms with Crippen LogP contribution in [0.3, 0.4) is 0 Å². The fourth-order valence-corrected chi connectivity index (χ4v) is 3.25. The molecule has 0 bridgehead atoms. The number of hydrogen-bond donors (Lipinski definition) is 1. The van der Waals surface area contributed by atoms with Crippen LogP contribution in [0.2, 0.25) is 5.02 Å². The summed E-state index contributed by atoms with van der Waals surface area (Å²) in [5.41, 5.74) is 0.0497. The van der Waals surface area contributed by atoms with Gasteiger partial charge in [0.15, 0.2) is 0 Å². The summed E-state index contributed by atoms with van der Waals surface area (Å²) in [5, 5.41) is 14.7. The number of ether oxygens (including phenoxy) is 1. The van der Waals surface area contributed by atoms with Gasteiger partial charge in [0.1, 0.15) is 6.54 Å². The van der Waals surface area contributed by atoms with E-state index in [0.29, 0.717) is 16.1 Å². The van der Waals surface area contributed by atoms with Crippen molar-refractivity contribution in [3.8, 4) is 11.4 Å². The first-order chi connectivity index (χ1) is 15.7. The summed E-state index contributed by atoms with van der Waals surface area (Å²) in [4.78, 5) is 25.6. The second-order valence-corrected chi connectivity index (χ2v) is 7.28. The van der Waals surface area contributed by atoms with E-state index in [-0.39, 0.29) is 25.4 Å². The minimum Gasteiger partial charge on any atom is -0.466 e. The van der Waals surface area contributed by atoms with Gasteiger partial charge in [0.2, 0.25) is 11.7 Å². The summed E-state index contributed by atoms with van der Waals surface area (Å²) in [5.74, 6) is -0.975. The second kappa shape index (κ2) is 10.4. The van der Waals surface area contributed by atoms with Gasteiger partial charge in [-0.05, 0) is 35.9 Å². The Labute approximate surface area is 191 Å². The molecule has 0 saturated carbocycles. The Morgan fingerprint density at radius 3 is 2.48 bits per heavy atom. The van der Waals surface area contributed by atoms with Crippen molar-refractivity contribution in [2.45, 2.75) is 32.1 Å². The molecule has 2 aromatic carbocycles. The summed E-state index contributed by atoms with van der Waals surface area (Å²) >= 11 is 6.22. The molecule has 1 N–H and O–H groups in total. The van der Waals surface area contributed by atoms with Crippen molar-refractivity contribution in [3.05, 3.63) is 64.7 Å². The first-order valence-corrected chi connectivity index (χ1v) is 10.2. The number of esters is 1. The average molecular weight is 482 g/mol. The van der Waals surface area contributed by atoms with Crippen LogP contribution in [0.1, 0.15) is 30.5 Å². The van der Waals surface area contributed by atoms with E-state index in [1.807, 2.05) is 0 Å². The molecule has 3 aromatic rings. The van der Waals surface area contributed by atoms with E-state index in [1.54, 1.807) is 31.2 Å². The maximum Gasteiger partial charge on any atom is 0.416 e. The number of aromatic nitrogens is 4. The van der Waals surface area contributed by atoms with E-state index in [1.165, 1.54) is 12.1 Å².